The van der Waals surface area contributed by atoms with Crippen LogP contribution >= 0.6 is 0 Å². The molecule has 0 bridgehead atoms. The Morgan fingerprint density at radius 3 is 2.56 bits per heavy atom. The molecule has 0 spiro atoms. The minimum absolute atomic E-state index is 0.204. The third-order valence-electron chi connectivity index (χ3n) is 6.42. The molecule has 8 heteroatoms. The zero-order valence-corrected chi connectivity index (χ0v) is 20.3. The van der Waals surface area contributed by atoms with E-state index < -0.39 is 0 Å². The largest absolute Gasteiger partial charge is 0.495 e. The highest BCUT2D eigenvalue weighted by Crippen LogP contribution is 2.46. The summed E-state index contributed by atoms with van der Waals surface area (Å²) in [4.78, 5) is 20.8. The van der Waals surface area contributed by atoms with E-state index in [0.29, 0.717) is 34.4 Å². The van der Waals surface area contributed by atoms with E-state index in [1.165, 1.54) is 6.07 Å². The first-order chi connectivity index (χ1) is 17.4. The number of rotatable bonds is 3. The summed E-state index contributed by atoms with van der Waals surface area (Å²) in [6.07, 6.45) is 0. The molecule has 0 fully saturated rings. The average molecular weight is 481 g/mol. The quantitative estimate of drug-likeness (QED) is 0.270. The number of ether oxygens (including phenoxy) is 2. The summed E-state index contributed by atoms with van der Waals surface area (Å²) in [6, 6.07) is 16.5. The van der Waals surface area contributed by atoms with E-state index in [9.17, 15) is 4.79 Å². The average Bonchev–Trinajstić information content (AvgIpc) is 2.87. The first kappa shape index (κ1) is 21.8. The van der Waals surface area contributed by atoms with Crippen LogP contribution in [0.1, 0.15) is 11.1 Å². The molecule has 3 aromatic carbocycles. The third kappa shape index (κ3) is 3.63. The summed E-state index contributed by atoms with van der Waals surface area (Å²) >= 11 is 0. The second-order valence-corrected chi connectivity index (χ2v) is 8.79. The van der Waals surface area contributed by atoms with E-state index in [4.69, 9.17) is 13.9 Å². The maximum atomic E-state index is 12.9. The van der Waals surface area contributed by atoms with Gasteiger partial charge in [0.15, 0.2) is 22.8 Å². The molecular formula is C28H24N4O4. The lowest BCUT2D eigenvalue weighted by Gasteiger charge is -2.23. The lowest BCUT2D eigenvalue weighted by atomic mass is 10.1. The SMILES string of the molecule is CNc1cc2c(cc1OC)Nc1ccc(N=c3cc4oc5cc(C)c(C)cc5[nH]c-4cc3=O)cc1O2. The third-order valence-corrected chi connectivity index (χ3v) is 6.42. The van der Waals surface area contributed by atoms with Crippen molar-refractivity contribution >= 4 is 33.8 Å². The molecule has 3 aliphatic rings. The predicted octanol–water partition coefficient (Wildman–Crippen LogP) is 5.97. The van der Waals surface area contributed by atoms with Crippen molar-refractivity contribution in [2.75, 3.05) is 24.8 Å². The number of methoxy groups -OCH3 is 1. The van der Waals surface area contributed by atoms with Gasteiger partial charge in [-0.25, -0.2) is 4.99 Å². The van der Waals surface area contributed by atoms with Crippen molar-refractivity contribution in [1.82, 2.24) is 4.98 Å². The maximum Gasteiger partial charge on any atom is 0.206 e. The Labute approximate surface area is 206 Å². The van der Waals surface area contributed by atoms with Gasteiger partial charge in [0.2, 0.25) is 5.43 Å². The minimum atomic E-state index is -0.204. The van der Waals surface area contributed by atoms with Crippen molar-refractivity contribution in [3.8, 4) is 28.7 Å². The molecule has 0 saturated carbocycles. The Hall–Kier alpha value is -4.72. The van der Waals surface area contributed by atoms with Crippen LogP contribution in [0.25, 0.3) is 22.6 Å². The number of anilines is 3. The fraction of sp³-hybridized carbons (Fsp3) is 0.143. The Morgan fingerprint density at radius 1 is 0.944 bits per heavy atom. The van der Waals surface area contributed by atoms with Gasteiger partial charge >= 0.3 is 0 Å². The molecule has 3 N–H and O–H groups in total. The van der Waals surface area contributed by atoms with E-state index in [0.717, 1.165) is 39.3 Å². The molecule has 2 aliphatic heterocycles. The Kier molecular flexibility index (Phi) is 4.96. The number of fused-ring (bicyclic) bond motifs is 4. The number of aromatic nitrogens is 1. The van der Waals surface area contributed by atoms with Gasteiger partial charge in [-0.15, -0.1) is 0 Å². The van der Waals surface area contributed by atoms with Crippen molar-refractivity contribution in [2.24, 2.45) is 4.99 Å². The minimum Gasteiger partial charge on any atom is -0.495 e. The van der Waals surface area contributed by atoms with Gasteiger partial charge in [-0.1, -0.05) is 0 Å². The molecule has 180 valence electrons. The predicted molar refractivity (Wildman–Crippen MR) is 140 cm³/mol. The van der Waals surface area contributed by atoms with Gasteiger partial charge in [0.25, 0.3) is 0 Å². The maximum absolute atomic E-state index is 12.9. The van der Waals surface area contributed by atoms with Crippen LogP contribution in [0.4, 0.5) is 22.7 Å². The molecule has 3 aromatic rings. The van der Waals surface area contributed by atoms with E-state index in [2.05, 4.69) is 20.6 Å². The van der Waals surface area contributed by atoms with Crippen LogP contribution < -0.4 is 30.9 Å². The van der Waals surface area contributed by atoms with Crippen LogP contribution in [0, 0.1) is 13.8 Å². The normalized spacial score (nSPS) is 12.6. The highest BCUT2D eigenvalue weighted by molar-refractivity contribution is 5.81. The fourth-order valence-corrected chi connectivity index (χ4v) is 4.33. The lowest BCUT2D eigenvalue weighted by molar-refractivity contribution is 0.415. The number of nitrogens with one attached hydrogen (secondary N) is 3. The van der Waals surface area contributed by atoms with Gasteiger partial charge in [0.05, 0.1) is 41.1 Å². The summed E-state index contributed by atoms with van der Waals surface area (Å²) in [6.45, 7) is 4.08. The second-order valence-electron chi connectivity index (χ2n) is 8.79. The van der Waals surface area contributed by atoms with Crippen LogP contribution in [-0.2, 0) is 0 Å². The standard InChI is InChI=1S/C28H24N4O4/c1-14-7-20-25(8-15(14)2)35-27-11-18(23(33)10-21(27)32-20)30-16-5-6-17-26(9-16)36-28-12-19(29-3)24(34-4)13-22(28)31-17/h5-13,29,31-32H,1-4H3. The zero-order chi connectivity index (χ0) is 25.0. The summed E-state index contributed by atoms with van der Waals surface area (Å²) < 4.78 is 17.7. The molecule has 0 atom stereocenters. The van der Waals surface area contributed by atoms with Crippen LogP contribution in [0.3, 0.4) is 0 Å². The van der Waals surface area contributed by atoms with E-state index >= 15 is 0 Å². The zero-order valence-electron chi connectivity index (χ0n) is 20.3. The Morgan fingerprint density at radius 2 is 1.75 bits per heavy atom. The molecule has 6 rings (SSSR count). The number of hydrogen-bond acceptors (Lipinski definition) is 7. The molecule has 0 aromatic heterocycles. The van der Waals surface area contributed by atoms with Gasteiger partial charge in [-0.05, 0) is 49.2 Å². The summed E-state index contributed by atoms with van der Waals surface area (Å²) in [5, 5.41) is 6.75. The topological polar surface area (TPSA) is 101 Å². The van der Waals surface area contributed by atoms with Gasteiger partial charge in [-0.2, -0.15) is 0 Å². The van der Waals surface area contributed by atoms with Gasteiger partial charge in [-0.3, -0.25) is 4.79 Å². The molecule has 36 heavy (non-hydrogen) atoms. The van der Waals surface area contributed by atoms with E-state index in [1.807, 2.05) is 57.3 Å². The number of benzene rings is 4. The smallest absolute Gasteiger partial charge is 0.206 e. The summed E-state index contributed by atoms with van der Waals surface area (Å²) in [5.74, 6) is 2.54. The molecule has 0 unspecified atom stereocenters. The lowest BCUT2D eigenvalue weighted by Crippen LogP contribution is -2.24. The number of hydrogen-bond donors (Lipinski definition) is 3. The molecule has 0 saturated heterocycles. The summed E-state index contributed by atoms with van der Waals surface area (Å²) in [7, 11) is 3.45. The van der Waals surface area contributed by atoms with Crippen LogP contribution in [0.15, 0.2) is 68.8 Å². The van der Waals surface area contributed by atoms with E-state index in [1.54, 1.807) is 19.2 Å². The van der Waals surface area contributed by atoms with Crippen LogP contribution in [-0.4, -0.2) is 19.1 Å². The molecule has 0 amide bonds. The van der Waals surface area contributed by atoms with Crippen molar-refractivity contribution in [1.29, 1.82) is 0 Å². The second kappa shape index (κ2) is 8.20. The first-order valence-electron chi connectivity index (χ1n) is 11.5. The molecule has 2 heterocycles. The van der Waals surface area contributed by atoms with Crippen LogP contribution in [0.5, 0.6) is 17.2 Å². The number of aryl methyl sites for hydroxylation is 2. The molecule has 8 nitrogen and oxygen atoms in total. The molecule has 0 radical (unpaired) electrons. The van der Waals surface area contributed by atoms with Crippen molar-refractivity contribution in [3.05, 3.63) is 81.3 Å². The van der Waals surface area contributed by atoms with E-state index in [-0.39, 0.29) is 10.8 Å². The highest BCUT2D eigenvalue weighted by atomic mass is 16.5. The molecule has 1 aliphatic carbocycles. The van der Waals surface area contributed by atoms with Crippen molar-refractivity contribution in [3.63, 3.8) is 0 Å². The Bertz CT molecular complexity index is 1770. The van der Waals surface area contributed by atoms with Crippen LogP contribution in [0.2, 0.25) is 0 Å². The number of H-pyrrole nitrogens is 1. The highest BCUT2D eigenvalue weighted by Gasteiger charge is 2.20. The fourth-order valence-electron chi connectivity index (χ4n) is 4.33. The molecular weight excluding hydrogens is 456 g/mol. The Balaban J connectivity index is 1.41. The number of nitrogens with zero attached hydrogens (tertiary/aromatic N) is 1. The van der Waals surface area contributed by atoms with Gasteiger partial charge < -0.3 is 29.5 Å². The summed E-state index contributed by atoms with van der Waals surface area (Å²) in [5.41, 5.74) is 7.27. The monoisotopic (exact) mass is 480 g/mol. The first-order valence-corrected chi connectivity index (χ1v) is 11.5. The van der Waals surface area contributed by atoms with Gasteiger partial charge in [0, 0.05) is 37.4 Å². The van der Waals surface area contributed by atoms with Crippen molar-refractivity contribution in [2.45, 2.75) is 13.8 Å². The van der Waals surface area contributed by atoms with Gasteiger partial charge in [0.1, 0.15) is 11.1 Å². The number of aromatic amines is 1. The van der Waals surface area contributed by atoms with Crippen molar-refractivity contribution < 1.29 is 13.9 Å².